The molecule has 0 bridgehead atoms. The highest BCUT2D eigenvalue weighted by molar-refractivity contribution is 5.80. The molecule has 1 rings (SSSR count). The highest BCUT2D eigenvalue weighted by Crippen LogP contribution is 2.33. The number of hydrogen-bond acceptors (Lipinski definition) is 8. The Hall–Kier alpha value is -2.16. The normalized spacial score (nSPS) is 30.0. The zero-order chi connectivity index (χ0) is 17.8. The van der Waals surface area contributed by atoms with Gasteiger partial charge < -0.3 is 24.6 Å². The van der Waals surface area contributed by atoms with Crippen LogP contribution in [0.25, 0.3) is 0 Å². The van der Waals surface area contributed by atoms with Crippen molar-refractivity contribution in [3.8, 4) is 0 Å². The molecule has 1 fully saturated rings. The lowest BCUT2D eigenvalue weighted by Crippen LogP contribution is -2.62. The predicted molar refractivity (Wildman–Crippen MR) is 74.9 cm³/mol. The Morgan fingerprint density at radius 3 is 2.04 bits per heavy atom. The van der Waals surface area contributed by atoms with Crippen LogP contribution in [0.4, 0.5) is 0 Å². The number of nitrogens with one attached hydrogen (secondary N) is 1. The zero-order valence-electron chi connectivity index (χ0n) is 13.5. The Morgan fingerprint density at radius 2 is 1.61 bits per heavy atom. The van der Waals surface area contributed by atoms with Gasteiger partial charge in [0.15, 0.2) is 11.7 Å². The molecule has 1 aliphatic rings. The van der Waals surface area contributed by atoms with E-state index in [4.69, 9.17) is 9.47 Å². The summed E-state index contributed by atoms with van der Waals surface area (Å²) in [5.41, 5.74) is -1.97. The number of amides is 1. The van der Waals surface area contributed by atoms with E-state index in [-0.39, 0.29) is 12.8 Å². The Kier molecular flexibility index (Phi) is 6.08. The minimum absolute atomic E-state index is 0.241. The van der Waals surface area contributed by atoms with E-state index in [2.05, 4.69) is 10.1 Å². The van der Waals surface area contributed by atoms with E-state index in [1.54, 1.807) is 0 Å². The molecule has 9 nitrogen and oxygen atoms in total. The Morgan fingerprint density at radius 1 is 1.04 bits per heavy atom. The molecule has 0 aliphatic heterocycles. The highest BCUT2D eigenvalue weighted by atomic mass is 16.6. The summed E-state index contributed by atoms with van der Waals surface area (Å²) < 4.78 is 14.8. The molecule has 0 saturated heterocycles. The first-order valence-electron chi connectivity index (χ1n) is 7.01. The van der Waals surface area contributed by atoms with Crippen LogP contribution in [-0.4, -0.2) is 59.9 Å². The van der Waals surface area contributed by atoms with Crippen molar-refractivity contribution in [1.29, 1.82) is 0 Å². The summed E-state index contributed by atoms with van der Waals surface area (Å²) in [6, 6.07) is -0.918. The minimum Gasteiger partial charge on any atom is -0.467 e. The number of carbonyl (C=O) groups is 4. The van der Waals surface area contributed by atoms with Gasteiger partial charge in [-0.3, -0.25) is 14.4 Å². The van der Waals surface area contributed by atoms with Gasteiger partial charge in [-0.1, -0.05) is 0 Å². The molecule has 0 aromatic carbocycles. The predicted octanol–water partition coefficient (Wildman–Crippen LogP) is -0.948. The molecule has 1 unspecified atom stereocenters. The summed E-state index contributed by atoms with van der Waals surface area (Å²) >= 11 is 0. The van der Waals surface area contributed by atoms with Crippen molar-refractivity contribution < 1.29 is 38.5 Å². The monoisotopic (exact) mass is 331 g/mol. The van der Waals surface area contributed by atoms with E-state index in [1.165, 1.54) is 6.92 Å². The molecule has 4 atom stereocenters. The lowest BCUT2D eigenvalue weighted by atomic mass is 9.78. The molecule has 0 radical (unpaired) electrons. The Balaban J connectivity index is 3.17. The molecule has 9 heteroatoms. The second-order valence-electron chi connectivity index (χ2n) is 5.46. The first kappa shape index (κ1) is 18.9. The SMILES string of the molecule is COC(=O)[C@@]1(O)CC(OC(C)=O)[C@H](OC(C)=O)[C@H](NC(C)=O)C1. The van der Waals surface area contributed by atoms with E-state index in [9.17, 15) is 24.3 Å². The molecule has 1 saturated carbocycles. The Bertz CT molecular complexity index is 477. The van der Waals surface area contributed by atoms with E-state index < -0.39 is 47.7 Å². The van der Waals surface area contributed by atoms with Gasteiger partial charge in [-0.15, -0.1) is 0 Å². The van der Waals surface area contributed by atoms with Gasteiger partial charge in [-0.05, 0) is 0 Å². The first-order valence-corrected chi connectivity index (χ1v) is 7.01. The largest absolute Gasteiger partial charge is 0.467 e. The summed E-state index contributed by atoms with van der Waals surface area (Å²) in [5.74, 6) is -2.71. The third kappa shape index (κ3) is 4.92. The number of hydrogen-bond donors (Lipinski definition) is 2. The summed E-state index contributed by atoms with van der Waals surface area (Å²) in [6.07, 6.45) is -2.68. The molecule has 2 N–H and O–H groups in total. The smallest absolute Gasteiger partial charge is 0.338 e. The molecule has 0 heterocycles. The van der Waals surface area contributed by atoms with Crippen LogP contribution in [-0.2, 0) is 33.4 Å². The molecule has 1 amide bonds. The van der Waals surface area contributed by atoms with Crippen molar-refractivity contribution in [3.05, 3.63) is 0 Å². The van der Waals surface area contributed by atoms with E-state index in [1.807, 2.05) is 0 Å². The minimum atomic E-state index is -1.97. The topological polar surface area (TPSA) is 128 Å². The standard InChI is InChI=1S/C14H21NO8/c1-7(16)15-10-5-14(20,13(19)21-4)6-11(22-8(2)17)12(10)23-9(3)18/h10-12,20H,5-6H2,1-4H3,(H,15,16)/t10-,11?,12-,14+/m1/s1. The third-order valence-electron chi connectivity index (χ3n) is 3.43. The first-order chi connectivity index (χ1) is 10.6. The fourth-order valence-electron chi connectivity index (χ4n) is 2.69. The van der Waals surface area contributed by atoms with Crippen molar-refractivity contribution in [2.45, 2.75) is 57.5 Å². The number of esters is 3. The van der Waals surface area contributed by atoms with Gasteiger partial charge in [0.05, 0.1) is 13.2 Å². The van der Waals surface area contributed by atoms with Crippen molar-refractivity contribution in [1.82, 2.24) is 5.32 Å². The van der Waals surface area contributed by atoms with Crippen LogP contribution >= 0.6 is 0 Å². The molecule has 0 aromatic rings. The van der Waals surface area contributed by atoms with Crippen molar-refractivity contribution >= 4 is 23.8 Å². The van der Waals surface area contributed by atoms with Crippen LogP contribution in [0, 0.1) is 0 Å². The quantitative estimate of drug-likeness (QED) is 0.498. The molecule has 23 heavy (non-hydrogen) atoms. The number of ether oxygens (including phenoxy) is 3. The van der Waals surface area contributed by atoms with E-state index in [0.717, 1.165) is 21.0 Å². The van der Waals surface area contributed by atoms with Crippen LogP contribution in [0.5, 0.6) is 0 Å². The average molecular weight is 331 g/mol. The molecule has 0 spiro atoms. The van der Waals surface area contributed by atoms with Gasteiger partial charge in [-0.2, -0.15) is 0 Å². The summed E-state index contributed by atoms with van der Waals surface area (Å²) in [7, 11) is 1.10. The zero-order valence-corrected chi connectivity index (χ0v) is 13.5. The summed E-state index contributed by atoms with van der Waals surface area (Å²) in [4.78, 5) is 45.8. The highest BCUT2D eigenvalue weighted by Gasteiger charge is 2.53. The second kappa shape index (κ2) is 7.40. The fourth-order valence-corrected chi connectivity index (χ4v) is 2.69. The number of aliphatic hydroxyl groups is 1. The molecule has 130 valence electrons. The van der Waals surface area contributed by atoms with Gasteiger partial charge in [0, 0.05) is 33.6 Å². The van der Waals surface area contributed by atoms with Gasteiger partial charge in [0.2, 0.25) is 5.91 Å². The maximum atomic E-state index is 11.8. The second-order valence-corrected chi connectivity index (χ2v) is 5.46. The van der Waals surface area contributed by atoms with Crippen molar-refractivity contribution in [3.63, 3.8) is 0 Å². The van der Waals surface area contributed by atoms with Crippen LogP contribution in [0.15, 0.2) is 0 Å². The maximum Gasteiger partial charge on any atom is 0.338 e. The van der Waals surface area contributed by atoms with Crippen LogP contribution in [0.1, 0.15) is 33.6 Å². The molecular weight excluding hydrogens is 310 g/mol. The molecule has 1 aliphatic carbocycles. The fraction of sp³-hybridized carbons (Fsp3) is 0.714. The third-order valence-corrected chi connectivity index (χ3v) is 3.43. The van der Waals surface area contributed by atoms with Crippen molar-refractivity contribution in [2.75, 3.05) is 7.11 Å². The van der Waals surface area contributed by atoms with Crippen LogP contribution < -0.4 is 5.32 Å². The van der Waals surface area contributed by atoms with Crippen LogP contribution in [0.2, 0.25) is 0 Å². The van der Waals surface area contributed by atoms with Gasteiger partial charge in [0.1, 0.15) is 6.10 Å². The number of methoxy groups -OCH3 is 1. The maximum absolute atomic E-state index is 11.8. The van der Waals surface area contributed by atoms with Gasteiger partial charge in [-0.25, -0.2) is 4.79 Å². The van der Waals surface area contributed by atoms with E-state index in [0.29, 0.717) is 0 Å². The molecule has 0 aromatic heterocycles. The van der Waals surface area contributed by atoms with Crippen LogP contribution in [0.3, 0.4) is 0 Å². The number of carbonyl (C=O) groups excluding carboxylic acids is 4. The molecular formula is C14H21NO8. The van der Waals surface area contributed by atoms with Gasteiger partial charge >= 0.3 is 17.9 Å². The summed E-state index contributed by atoms with van der Waals surface area (Å²) in [6.45, 7) is 3.54. The van der Waals surface area contributed by atoms with Crippen molar-refractivity contribution in [2.24, 2.45) is 0 Å². The van der Waals surface area contributed by atoms with E-state index >= 15 is 0 Å². The number of rotatable bonds is 4. The lowest BCUT2D eigenvalue weighted by Gasteiger charge is -2.43. The Labute approximate surface area is 133 Å². The average Bonchev–Trinajstić information content (AvgIpc) is 2.40. The summed E-state index contributed by atoms with van der Waals surface area (Å²) in [5, 5.41) is 13.0. The lowest BCUT2D eigenvalue weighted by molar-refractivity contribution is -0.195. The van der Waals surface area contributed by atoms with Gasteiger partial charge in [0.25, 0.3) is 0 Å².